The van der Waals surface area contributed by atoms with E-state index < -0.39 is 17.0 Å². The zero-order valence-electron chi connectivity index (χ0n) is 7.56. The van der Waals surface area contributed by atoms with Gasteiger partial charge in [0, 0.05) is 16.5 Å². The van der Waals surface area contributed by atoms with Crippen LogP contribution in [0.3, 0.4) is 0 Å². The van der Waals surface area contributed by atoms with E-state index in [9.17, 15) is 9.18 Å². The second kappa shape index (κ2) is 4.76. The third-order valence-electron chi connectivity index (χ3n) is 1.96. The first kappa shape index (κ1) is 11.5. The molecule has 0 fully saturated rings. The summed E-state index contributed by atoms with van der Waals surface area (Å²) in [5.74, 6) is -0.826. The van der Waals surface area contributed by atoms with Gasteiger partial charge in [0.25, 0.3) is 0 Å². The van der Waals surface area contributed by atoms with Crippen LogP contribution >= 0.6 is 23.2 Å². The molecule has 1 rings (SSSR count). The van der Waals surface area contributed by atoms with Gasteiger partial charge in [-0.25, -0.2) is 4.39 Å². The maximum absolute atomic E-state index is 13.2. The van der Waals surface area contributed by atoms with Crippen LogP contribution in [0.4, 0.5) is 4.39 Å². The Hall–Kier alpha value is -0.600. The van der Waals surface area contributed by atoms with Crippen LogP contribution < -0.4 is 0 Å². The summed E-state index contributed by atoms with van der Waals surface area (Å²) in [6.07, 6.45) is 0.230. The second-order valence-corrected chi connectivity index (χ2v) is 3.89. The molecule has 1 nitrogen and oxygen atoms in total. The minimum Gasteiger partial charge on any atom is -0.281 e. The van der Waals surface area contributed by atoms with Crippen LogP contribution in [-0.2, 0) is 11.2 Å². The van der Waals surface area contributed by atoms with Gasteiger partial charge in [-0.3, -0.25) is 4.79 Å². The van der Waals surface area contributed by atoms with Gasteiger partial charge in [0.1, 0.15) is 5.82 Å². The summed E-state index contributed by atoms with van der Waals surface area (Å²) in [6, 6.07) is 4.42. The van der Waals surface area contributed by atoms with Gasteiger partial charge in [-0.15, -0.1) is 0 Å². The maximum Gasteiger partial charge on any atom is 0.224 e. The number of halogens is 3. The van der Waals surface area contributed by atoms with Crippen molar-refractivity contribution >= 4 is 28.4 Å². The van der Waals surface area contributed by atoms with Gasteiger partial charge in [0.05, 0.1) is 0 Å². The molecule has 76 valence electrons. The van der Waals surface area contributed by atoms with Crippen LogP contribution in [0.1, 0.15) is 12.5 Å². The molecule has 1 atom stereocenters. The number of carbonyl (C=O) groups is 1. The lowest BCUT2D eigenvalue weighted by molar-refractivity contribution is -0.114. The Bertz CT molecular complexity index is 332. The fraction of sp³-hybridized carbons (Fsp3) is 0.300. The average molecular weight is 235 g/mol. The number of rotatable bonds is 3. The van der Waals surface area contributed by atoms with E-state index in [-0.39, 0.29) is 6.42 Å². The summed E-state index contributed by atoms with van der Waals surface area (Å²) >= 11 is 11.1. The van der Waals surface area contributed by atoms with Gasteiger partial charge >= 0.3 is 0 Å². The average Bonchev–Trinajstić information content (AvgIpc) is 2.11. The van der Waals surface area contributed by atoms with Crippen molar-refractivity contribution in [2.45, 2.75) is 13.3 Å². The zero-order chi connectivity index (χ0) is 10.7. The van der Waals surface area contributed by atoms with Crippen LogP contribution in [0.5, 0.6) is 0 Å². The molecule has 0 saturated heterocycles. The normalized spacial score (nSPS) is 12.6. The summed E-state index contributed by atoms with van der Waals surface area (Å²) in [6.45, 7) is 1.64. The molecule has 0 heterocycles. The zero-order valence-corrected chi connectivity index (χ0v) is 9.07. The van der Waals surface area contributed by atoms with Crippen molar-refractivity contribution < 1.29 is 9.18 Å². The Labute approximate surface area is 91.8 Å². The second-order valence-electron chi connectivity index (χ2n) is 3.11. The van der Waals surface area contributed by atoms with E-state index >= 15 is 0 Å². The van der Waals surface area contributed by atoms with Crippen LogP contribution in [0.2, 0.25) is 5.02 Å². The molecular formula is C10H9Cl2FO. The Kier molecular flexibility index (Phi) is 3.90. The predicted molar refractivity (Wildman–Crippen MR) is 55.1 cm³/mol. The lowest BCUT2D eigenvalue weighted by atomic mass is 10.0. The third kappa shape index (κ3) is 2.69. The van der Waals surface area contributed by atoms with Crippen LogP contribution in [-0.4, -0.2) is 5.24 Å². The van der Waals surface area contributed by atoms with Crippen LogP contribution in [0, 0.1) is 11.7 Å². The number of carbonyl (C=O) groups excluding carboxylic acids is 1. The lowest BCUT2D eigenvalue weighted by Gasteiger charge is -2.08. The van der Waals surface area contributed by atoms with E-state index in [2.05, 4.69) is 0 Å². The molecule has 0 aliphatic heterocycles. The highest BCUT2D eigenvalue weighted by atomic mass is 35.5. The summed E-state index contributed by atoms with van der Waals surface area (Å²) in [5, 5.41) is -0.154. The highest BCUT2D eigenvalue weighted by Crippen LogP contribution is 2.22. The smallest absolute Gasteiger partial charge is 0.224 e. The van der Waals surface area contributed by atoms with E-state index in [1.54, 1.807) is 13.0 Å². The topological polar surface area (TPSA) is 17.1 Å². The number of benzene rings is 1. The van der Waals surface area contributed by atoms with E-state index in [4.69, 9.17) is 23.2 Å². The largest absolute Gasteiger partial charge is 0.281 e. The molecule has 0 bridgehead atoms. The van der Waals surface area contributed by atoms with Crippen molar-refractivity contribution in [1.29, 1.82) is 0 Å². The van der Waals surface area contributed by atoms with E-state index in [0.717, 1.165) is 0 Å². The molecule has 0 spiro atoms. The highest BCUT2D eigenvalue weighted by Gasteiger charge is 2.15. The molecule has 0 saturated carbocycles. The first-order valence-corrected chi connectivity index (χ1v) is 4.90. The van der Waals surface area contributed by atoms with Crippen molar-refractivity contribution in [1.82, 2.24) is 0 Å². The standard InChI is InChI=1S/C10H9Cl2FO/c1-6(10(12)14)5-7-8(11)3-2-4-9(7)13/h2-4,6H,5H2,1H3. The monoisotopic (exact) mass is 234 g/mol. The molecular weight excluding hydrogens is 226 g/mol. The Balaban J connectivity index is 2.91. The molecule has 0 aliphatic carbocycles. The maximum atomic E-state index is 13.2. The predicted octanol–water partition coefficient (Wildman–Crippen LogP) is 3.42. The molecule has 0 aliphatic rings. The van der Waals surface area contributed by atoms with Gasteiger partial charge in [0.15, 0.2) is 0 Å². The molecule has 1 aromatic rings. The van der Waals surface area contributed by atoms with Gasteiger partial charge in [0.2, 0.25) is 5.24 Å². The summed E-state index contributed by atoms with van der Waals surface area (Å²) in [5.41, 5.74) is 0.343. The third-order valence-corrected chi connectivity index (χ3v) is 2.69. The van der Waals surface area contributed by atoms with Crippen molar-refractivity contribution in [3.05, 3.63) is 34.6 Å². The molecule has 14 heavy (non-hydrogen) atoms. The Morgan fingerprint density at radius 2 is 2.21 bits per heavy atom. The molecule has 1 aromatic carbocycles. The van der Waals surface area contributed by atoms with Gasteiger partial charge in [-0.1, -0.05) is 24.6 Å². The van der Waals surface area contributed by atoms with E-state index in [1.807, 2.05) is 0 Å². The molecule has 0 N–H and O–H groups in total. The molecule has 0 aromatic heterocycles. The molecule has 0 radical (unpaired) electrons. The number of hydrogen-bond donors (Lipinski definition) is 0. The van der Waals surface area contributed by atoms with Crippen molar-refractivity contribution in [2.75, 3.05) is 0 Å². The fourth-order valence-corrected chi connectivity index (χ4v) is 1.43. The van der Waals surface area contributed by atoms with Crippen molar-refractivity contribution in [3.8, 4) is 0 Å². The van der Waals surface area contributed by atoms with Gasteiger partial charge < -0.3 is 0 Å². The first-order valence-electron chi connectivity index (χ1n) is 4.14. The van der Waals surface area contributed by atoms with Crippen molar-refractivity contribution in [3.63, 3.8) is 0 Å². The van der Waals surface area contributed by atoms with Crippen LogP contribution in [0.25, 0.3) is 0 Å². The van der Waals surface area contributed by atoms with E-state index in [0.29, 0.717) is 10.6 Å². The first-order chi connectivity index (χ1) is 6.52. The lowest BCUT2D eigenvalue weighted by Crippen LogP contribution is -2.09. The number of hydrogen-bond acceptors (Lipinski definition) is 1. The SMILES string of the molecule is CC(Cc1c(F)cccc1Cl)C(=O)Cl. The quantitative estimate of drug-likeness (QED) is 0.733. The fourth-order valence-electron chi connectivity index (χ4n) is 1.11. The Morgan fingerprint density at radius 3 is 2.71 bits per heavy atom. The summed E-state index contributed by atoms with van der Waals surface area (Å²) < 4.78 is 13.2. The van der Waals surface area contributed by atoms with E-state index in [1.165, 1.54) is 12.1 Å². The highest BCUT2D eigenvalue weighted by molar-refractivity contribution is 6.63. The minimum atomic E-state index is -0.482. The molecule has 4 heteroatoms. The minimum absolute atomic E-state index is 0.230. The van der Waals surface area contributed by atoms with Gasteiger partial charge in [-0.2, -0.15) is 0 Å². The summed E-state index contributed by atoms with van der Waals surface area (Å²) in [4.78, 5) is 10.8. The van der Waals surface area contributed by atoms with Crippen LogP contribution in [0.15, 0.2) is 18.2 Å². The molecule has 1 unspecified atom stereocenters. The Morgan fingerprint density at radius 1 is 1.57 bits per heavy atom. The summed E-state index contributed by atoms with van der Waals surface area (Å²) in [7, 11) is 0. The van der Waals surface area contributed by atoms with Crippen molar-refractivity contribution in [2.24, 2.45) is 5.92 Å². The molecule has 0 amide bonds. The van der Waals surface area contributed by atoms with Gasteiger partial charge in [-0.05, 0) is 30.2 Å².